The van der Waals surface area contributed by atoms with Crippen molar-refractivity contribution in [1.29, 1.82) is 0 Å². The molecule has 146 valence electrons. The van der Waals surface area contributed by atoms with Crippen LogP contribution in [0.1, 0.15) is 11.1 Å². The minimum atomic E-state index is 0.638. The first-order valence-corrected chi connectivity index (χ1v) is 9.04. The molecule has 0 fully saturated rings. The van der Waals surface area contributed by atoms with Crippen LogP contribution in [0.3, 0.4) is 0 Å². The Bertz CT molecular complexity index is 1000. The molecule has 0 unspecified atom stereocenters. The van der Waals surface area contributed by atoms with Crippen LogP contribution in [0.2, 0.25) is 0 Å². The Kier molecular flexibility index (Phi) is 4.81. The van der Waals surface area contributed by atoms with Crippen molar-refractivity contribution >= 4 is 16.6 Å². The van der Waals surface area contributed by atoms with Gasteiger partial charge >= 0.3 is 0 Å². The number of nitrogens with zero attached hydrogens (tertiary/aromatic N) is 3. The number of hydrogen-bond donors (Lipinski definition) is 0. The average Bonchev–Trinajstić information content (AvgIpc) is 2.76. The Balaban J connectivity index is 1.78. The number of methoxy groups -OCH3 is 4. The number of benzene rings is 2. The van der Waals surface area contributed by atoms with Gasteiger partial charge in [0.2, 0.25) is 0 Å². The summed E-state index contributed by atoms with van der Waals surface area (Å²) in [6.45, 7) is 1.58. The highest BCUT2D eigenvalue weighted by Gasteiger charge is 2.23. The van der Waals surface area contributed by atoms with Gasteiger partial charge in [0.25, 0.3) is 0 Å². The van der Waals surface area contributed by atoms with Gasteiger partial charge < -0.3 is 23.8 Å². The SMILES string of the molecule is COc1cc2c(c(OC)c1)CN(c1cnnc3cc(OC)c(OC)cc13)CC2. The second kappa shape index (κ2) is 7.42. The lowest BCUT2D eigenvalue weighted by atomic mass is 9.97. The normalized spacial score (nSPS) is 13.2. The van der Waals surface area contributed by atoms with E-state index in [1.807, 2.05) is 18.2 Å². The van der Waals surface area contributed by atoms with Crippen molar-refractivity contribution in [3.63, 3.8) is 0 Å². The summed E-state index contributed by atoms with van der Waals surface area (Å²) in [7, 11) is 6.61. The van der Waals surface area contributed by atoms with Crippen molar-refractivity contribution < 1.29 is 18.9 Å². The zero-order valence-corrected chi connectivity index (χ0v) is 16.5. The maximum atomic E-state index is 5.62. The van der Waals surface area contributed by atoms with Gasteiger partial charge in [0, 0.05) is 36.2 Å². The van der Waals surface area contributed by atoms with Crippen LogP contribution in [-0.2, 0) is 13.0 Å². The summed E-state index contributed by atoms with van der Waals surface area (Å²) in [4.78, 5) is 2.29. The maximum absolute atomic E-state index is 5.62. The van der Waals surface area contributed by atoms with Gasteiger partial charge in [-0.25, -0.2) is 0 Å². The second-order valence-corrected chi connectivity index (χ2v) is 6.59. The zero-order valence-electron chi connectivity index (χ0n) is 16.5. The molecule has 0 radical (unpaired) electrons. The standard InChI is InChI=1S/C21H23N3O4/c1-25-14-7-13-5-6-24(12-16(13)19(8-14)26-2)18-11-22-23-17-10-21(28-4)20(27-3)9-15(17)18/h7-11H,5-6,12H2,1-4H3. The topological polar surface area (TPSA) is 65.9 Å². The zero-order chi connectivity index (χ0) is 19.7. The van der Waals surface area contributed by atoms with Crippen LogP contribution in [0.5, 0.6) is 23.0 Å². The van der Waals surface area contributed by atoms with Gasteiger partial charge in [-0.3, -0.25) is 0 Å². The van der Waals surface area contributed by atoms with E-state index in [4.69, 9.17) is 18.9 Å². The predicted octanol–water partition coefficient (Wildman–Crippen LogP) is 3.23. The van der Waals surface area contributed by atoms with Gasteiger partial charge in [-0.2, -0.15) is 10.2 Å². The van der Waals surface area contributed by atoms with Gasteiger partial charge in [-0.15, -0.1) is 0 Å². The molecule has 0 aliphatic carbocycles. The van der Waals surface area contributed by atoms with E-state index in [9.17, 15) is 0 Å². The summed E-state index contributed by atoms with van der Waals surface area (Å²) in [6.07, 6.45) is 2.69. The third kappa shape index (κ3) is 3.02. The van der Waals surface area contributed by atoms with E-state index in [0.29, 0.717) is 11.5 Å². The van der Waals surface area contributed by atoms with Crippen LogP contribution in [-0.4, -0.2) is 45.2 Å². The molecule has 0 atom stereocenters. The Labute approximate surface area is 163 Å². The van der Waals surface area contributed by atoms with Crippen LogP contribution in [0.4, 0.5) is 5.69 Å². The number of rotatable bonds is 5. The van der Waals surface area contributed by atoms with Gasteiger partial charge in [-0.1, -0.05) is 0 Å². The molecule has 7 nitrogen and oxygen atoms in total. The van der Waals surface area contributed by atoms with Crippen LogP contribution in [0, 0.1) is 0 Å². The summed E-state index contributed by atoms with van der Waals surface area (Å²) in [6, 6.07) is 7.83. The third-order valence-electron chi connectivity index (χ3n) is 5.19. The van der Waals surface area contributed by atoms with Crippen molar-refractivity contribution in [3.05, 3.63) is 41.6 Å². The fraction of sp³-hybridized carbons (Fsp3) is 0.333. The molecule has 0 saturated heterocycles. The van der Waals surface area contributed by atoms with E-state index in [2.05, 4.69) is 21.2 Å². The molecule has 0 amide bonds. The lowest BCUT2D eigenvalue weighted by molar-refractivity contribution is 0.355. The first-order valence-electron chi connectivity index (χ1n) is 9.04. The van der Waals surface area contributed by atoms with Crippen molar-refractivity contribution in [2.75, 3.05) is 39.9 Å². The van der Waals surface area contributed by atoms with Crippen LogP contribution >= 0.6 is 0 Å². The van der Waals surface area contributed by atoms with Crippen molar-refractivity contribution in [1.82, 2.24) is 10.2 Å². The Morgan fingerprint density at radius 2 is 1.61 bits per heavy atom. The molecule has 0 bridgehead atoms. The molecule has 1 aliphatic heterocycles. The molecule has 3 aromatic rings. The van der Waals surface area contributed by atoms with E-state index >= 15 is 0 Å². The highest BCUT2D eigenvalue weighted by Crippen LogP contribution is 2.38. The molecule has 4 rings (SSSR count). The second-order valence-electron chi connectivity index (χ2n) is 6.59. The minimum Gasteiger partial charge on any atom is -0.497 e. The molecule has 1 aliphatic rings. The molecular formula is C21H23N3O4. The first kappa shape index (κ1) is 18.2. The molecule has 0 saturated carbocycles. The Hall–Kier alpha value is -3.22. The van der Waals surface area contributed by atoms with E-state index in [1.54, 1.807) is 34.6 Å². The molecule has 2 aromatic carbocycles. The van der Waals surface area contributed by atoms with Gasteiger partial charge in [0.05, 0.1) is 45.8 Å². The summed E-state index contributed by atoms with van der Waals surface area (Å²) in [5, 5.41) is 9.45. The highest BCUT2D eigenvalue weighted by molar-refractivity contribution is 5.93. The summed E-state index contributed by atoms with van der Waals surface area (Å²) < 4.78 is 21.9. The molecule has 2 heterocycles. The summed E-state index contributed by atoms with van der Waals surface area (Å²) in [5.41, 5.74) is 4.19. The smallest absolute Gasteiger partial charge is 0.162 e. The largest absolute Gasteiger partial charge is 0.497 e. The van der Waals surface area contributed by atoms with Crippen LogP contribution < -0.4 is 23.8 Å². The lowest BCUT2D eigenvalue weighted by Gasteiger charge is -2.32. The van der Waals surface area contributed by atoms with E-state index in [1.165, 1.54) is 11.1 Å². The maximum Gasteiger partial charge on any atom is 0.162 e. The quantitative estimate of drug-likeness (QED) is 0.672. The Morgan fingerprint density at radius 1 is 0.857 bits per heavy atom. The minimum absolute atomic E-state index is 0.638. The predicted molar refractivity (Wildman–Crippen MR) is 107 cm³/mol. The molecule has 28 heavy (non-hydrogen) atoms. The van der Waals surface area contributed by atoms with E-state index in [0.717, 1.165) is 47.6 Å². The third-order valence-corrected chi connectivity index (χ3v) is 5.19. The Morgan fingerprint density at radius 3 is 2.32 bits per heavy atom. The number of ether oxygens (including phenoxy) is 4. The number of fused-ring (bicyclic) bond motifs is 2. The number of anilines is 1. The van der Waals surface area contributed by atoms with Crippen molar-refractivity contribution in [2.24, 2.45) is 0 Å². The molecule has 7 heteroatoms. The van der Waals surface area contributed by atoms with E-state index < -0.39 is 0 Å². The highest BCUT2D eigenvalue weighted by atomic mass is 16.5. The molecule has 0 N–H and O–H groups in total. The fourth-order valence-corrected chi connectivity index (χ4v) is 3.73. The van der Waals surface area contributed by atoms with Crippen LogP contribution in [0.25, 0.3) is 10.9 Å². The average molecular weight is 381 g/mol. The van der Waals surface area contributed by atoms with Gasteiger partial charge in [0.1, 0.15) is 11.5 Å². The summed E-state index contributed by atoms with van der Waals surface area (Å²) >= 11 is 0. The van der Waals surface area contributed by atoms with E-state index in [-0.39, 0.29) is 0 Å². The van der Waals surface area contributed by atoms with Crippen molar-refractivity contribution in [2.45, 2.75) is 13.0 Å². The molecular weight excluding hydrogens is 358 g/mol. The number of aromatic nitrogens is 2. The van der Waals surface area contributed by atoms with Crippen molar-refractivity contribution in [3.8, 4) is 23.0 Å². The van der Waals surface area contributed by atoms with Gasteiger partial charge in [-0.05, 0) is 24.1 Å². The fourth-order valence-electron chi connectivity index (χ4n) is 3.73. The molecule has 0 spiro atoms. The van der Waals surface area contributed by atoms with Crippen LogP contribution in [0.15, 0.2) is 30.5 Å². The summed E-state index contributed by atoms with van der Waals surface area (Å²) in [5.74, 6) is 2.96. The monoisotopic (exact) mass is 381 g/mol. The first-order chi connectivity index (χ1) is 13.7. The number of hydrogen-bond acceptors (Lipinski definition) is 7. The lowest BCUT2D eigenvalue weighted by Crippen LogP contribution is -2.31. The molecule has 1 aromatic heterocycles. The van der Waals surface area contributed by atoms with Gasteiger partial charge in [0.15, 0.2) is 11.5 Å².